The molecule has 3 nitrogen and oxygen atoms in total. The highest BCUT2D eigenvalue weighted by Gasteiger charge is 2.39. The van der Waals surface area contributed by atoms with Crippen molar-refractivity contribution in [3.63, 3.8) is 0 Å². The quantitative estimate of drug-likeness (QED) is 0.767. The Balaban J connectivity index is 2.39. The second kappa shape index (κ2) is 5.32. The zero-order valence-electron chi connectivity index (χ0n) is 11.0. The van der Waals surface area contributed by atoms with Crippen molar-refractivity contribution in [2.45, 2.75) is 45.1 Å². The average molecular weight is 289 g/mol. The van der Waals surface area contributed by atoms with Crippen molar-refractivity contribution in [2.75, 3.05) is 7.11 Å². The third-order valence-corrected chi connectivity index (χ3v) is 4.64. The summed E-state index contributed by atoms with van der Waals surface area (Å²) in [6.45, 7) is 4.08. The Labute approximate surface area is 118 Å². The predicted octanol–water partition coefficient (Wildman–Crippen LogP) is 4.14. The normalized spacial score (nSPS) is 28.4. The number of hydrogen-bond acceptors (Lipinski definition) is 3. The van der Waals surface area contributed by atoms with Crippen LogP contribution in [0.1, 0.15) is 44.0 Å². The maximum atomic E-state index is 6.09. The van der Waals surface area contributed by atoms with Crippen LogP contribution in [0.4, 0.5) is 0 Å². The lowest BCUT2D eigenvalue weighted by Gasteiger charge is -2.37. The summed E-state index contributed by atoms with van der Waals surface area (Å²) in [5.41, 5.74) is 0.297. The first kappa shape index (κ1) is 14.0. The maximum Gasteiger partial charge on any atom is 0.163 e. The fourth-order valence-electron chi connectivity index (χ4n) is 2.42. The van der Waals surface area contributed by atoms with E-state index in [0.717, 1.165) is 37.2 Å². The van der Waals surface area contributed by atoms with Gasteiger partial charge in [-0.1, -0.05) is 30.1 Å². The number of ether oxygens (including phenoxy) is 1. The van der Waals surface area contributed by atoms with Crippen molar-refractivity contribution >= 4 is 23.2 Å². The monoisotopic (exact) mass is 288 g/mol. The SMILES string of the molecule is COC1(c2nc(Cl)c(C)c(Cl)n2)CCC(C)CC1. The van der Waals surface area contributed by atoms with Crippen LogP contribution < -0.4 is 0 Å². The molecule has 0 amide bonds. The molecule has 0 unspecified atom stereocenters. The minimum atomic E-state index is -0.423. The van der Waals surface area contributed by atoms with Gasteiger partial charge in [0.15, 0.2) is 5.82 Å². The third kappa shape index (κ3) is 2.49. The first-order valence-electron chi connectivity index (χ1n) is 6.24. The van der Waals surface area contributed by atoms with Crippen LogP contribution in [0.2, 0.25) is 10.3 Å². The number of nitrogens with zero attached hydrogens (tertiary/aromatic N) is 2. The van der Waals surface area contributed by atoms with Gasteiger partial charge >= 0.3 is 0 Å². The highest BCUT2D eigenvalue weighted by Crippen LogP contribution is 2.41. The molecule has 18 heavy (non-hydrogen) atoms. The van der Waals surface area contributed by atoms with Gasteiger partial charge in [0.05, 0.1) is 0 Å². The molecule has 0 aliphatic heterocycles. The van der Waals surface area contributed by atoms with Crippen LogP contribution in [-0.2, 0) is 10.3 Å². The van der Waals surface area contributed by atoms with Gasteiger partial charge in [-0.3, -0.25) is 0 Å². The Morgan fingerprint density at radius 2 is 1.67 bits per heavy atom. The number of aromatic nitrogens is 2. The standard InChI is InChI=1S/C13H18Cl2N2O/c1-8-4-6-13(18-3,7-5-8)12-16-10(14)9(2)11(15)17-12/h8H,4-7H2,1-3H3. The number of halogens is 2. The molecule has 0 bridgehead atoms. The van der Waals surface area contributed by atoms with E-state index < -0.39 is 5.60 Å². The molecule has 100 valence electrons. The first-order valence-corrected chi connectivity index (χ1v) is 6.99. The molecule has 0 saturated heterocycles. The van der Waals surface area contributed by atoms with E-state index in [1.807, 2.05) is 6.92 Å². The van der Waals surface area contributed by atoms with Crippen molar-refractivity contribution in [3.8, 4) is 0 Å². The second-order valence-electron chi connectivity index (χ2n) is 5.13. The number of hydrogen-bond donors (Lipinski definition) is 0. The fraction of sp³-hybridized carbons (Fsp3) is 0.692. The van der Waals surface area contributed by atoms with Gasteiger partial charge in [-0.25, -0.2) is 9.97 Å². The average Bonchev–Trinajstić information content (AvgIpc) is 2.37. The lowest BCUT2D eigenvalue weighted by Crippen LogP contribution is -2.35. The topological polar surface area (TPSA) is 35.0 Å². The molecule has 2 rings (SSSR count). The summed E-state index contributed by atoms with van der Waals surface area (Å²) in [6, 6.07) is 0. The van der Waals surface area contributed by atoms with Gasteiger partial charge in [0, 0.05) is 12.7 Å². The summed E-state index contributed by atoms with van der Waals surface area (Å²) in [4.78, 5) is 8.74. The van der Waals surface area contributed by atoms with E-state index in [-0.39, 0.29) is 0 Å². The van der Waals surface area contributed by atoms with Crippen LogP contribution in [0, 0.1) is 12.8 Å². The van der Waals surface area contributed by atoms with E-state index >= 15 is 0 Å². The Morgan fingerprint density at radius 3 is 2.11 bits per heavy atom. The molecule has 0 radical (unpaired) electrons. The van der Waals surface area contributed by atoms with Crippen LogP contribution in [-0.4, -0.2) is 17.1 Å². The van der Waals surface area contributed by atoms with Crippen molar-refractivity contribution in [2.24, 2.45) is 5.92 Å². The minimum Gasteiger partial charge on any atom is -0.370 e. The molecule has 0 atom stereocenters. The van der Waals surface area contributed by atoms with Crippen molar-refractivity contribution in [3.05, 3.63) is 21.7 Å². The predicted molar refractivity (Wildman–Crippen MR) is 73.1 cm³/mol. The highest BCUT2D eigenvalue weighted by atomic mass is 35.5. The maximum absolute atomic E-state index is 6.09. The molecular formula is C13H18Cl2N2O. The van der Waals surface area contributed by atoms with Crippen molar-refractivity contribution in [1.29, 1.82) is 0 Å². The van der Waals surface area contributed by atoms with Gasteiger partial charge in [0.25, 0.3) is 0 Å². The van der Waals surface area contributed by atoms with E-state index in [4.69, 9.17) is 27.9 Å². The minimum absolute atomic E-state index is 0.417. The van der Waals surface area contributed by atoms with Gasteiger partial charge in [-0.15, -0.1) is 0 Å². The third-order valence-electron chi connectivity index (χ3n) is 3.91. The lowest BCUT2D eigenvalue weighted by molar-refractivity contribution is -0.0597. The Kier molecular flexibility index (Phi) is 4.15. The summed E-state index contributed by atoms with van der Waals surface area (Å²) in [7, 11) is 1.71. The van der Waals surface area contributed by atoms with E-state index in [9.17, 15) is 0 Å². The zero-order valence-corrected chi connectivity index (χ0v) is 12.5. The Hall–Kier alpha value is -0.380. The van der Waals surface area contributed by atoms with E-state index in [2.05, 4.69) is 16.9 Å². The molecule has 1 fully saturated rings. The van der Waals surface area contributed by atoms with Gasteiger partial charge in [-0.05, 0) is 38.5 Å². The summed E-state index contributed by atoms with van der Waals surface area (Å²) < 4.78 is 5.72. The van der Waals surface area contributed by atoms with Crippen LogP contribution in [0.25, 0.3) is 0 Å². The molecule has 1 saturated carbocycles. The van der Waals surface area contributed by atoms with E-state index in [1.54, 1.807) is 7.11 Å². The van der Waals surface area contributed by atoms with E-state index in [1.165, 1.54) is 0 Å². The molecule has 0 aromatic carbocycles. The molecule has 1 aromatic rings. The second-order valence-corrected chi connectivity index (χ2v) is 5.85. The molecule has 0 spiro atoms. The largest absolute Gasteiger partial charge is 0.370 e. The molecule has 1 aliphatic carbocycles. The molecule has 5 heteroatoms. The fourth-order valence-corrected chi connectivity index (χ4v) is 2.80. The Morgan fingerprint density at radius 1 is 1.17 bits per heavy atom. The van der Waals surface area contributed by atoms with E-state index in [0.29, 0.717) is 16.1 Å². The molecular weight excluding hydrogens is 271 g/mol. The van der Waals surface area contributed by atoms with Crippen LogP contribution in [0.5, 0.6) is 0 Å². The number of methoxy groups -OCH3 is 1. The smallest absolute Gasteiger partial charge is 0.163 e. The molecule has 1 aromatic heterocycles. The zero-order chi connectivity index (χ0) is 13.3. The van der Waals surface area contributed by atoms with Crippen LogP contribution in [0.3, 0.4) is 0 Å². The van der Waals surface area contributed by atoms with Crippen molar-refractivity contribution in [1.82, 2.24) is 9.97 Å². The summed E-state index contributed by atoms with van der Waals surface area (Å²) in [5, 5.41) is 0.833. The highest BCUT2D eigenvalue weighted by molar-refractivity contribution is 6.34. The van der Waals surface area contributed by atoms with Crippen molar-refractivity contribution < 1.29 is 4.74 Å². The first-order chi connectivity index (χ1) is 8.48. The lowest BCUT2D eigenvalue weighted by atomic mass is 9.79. The van der Waals surface area contributed by atoms with Gasteiger partial charge < -0.3 is 4.74 Å². The molecule has 0 N–H and O–H groups in total. The number of rotatable bonds is 2. The van der Waals surface area contributed by atoms with Gasteiger partial charge in [0.1, 0.15) is 15.9 Å². The van der Waals surface area contributed by atoms with Gasteiger partial charge in [-0.2, -0.15) is 0 Å². The van der Waals surface area contributed by atoms with Crippen LogP contribution >= 0.6 is 23.2 Å². The summed E-state index contributed by atoms with van der Waals surface area (Å²) in [5.74, 6) is 1.35. The van der Waals surface area contributed by atoms with Crippen LogP contribution in [0.15, 0.2) is 0 Å². The van der Waals surface area contributed by atoms with Gasteiger partial charge in [0.2, 0.25) is 0 Å². The Bertz CT molecular complexity index is 420. The summed E-state index contributed by atoms with van der Waals surface area (Å²) in [6.07, 6.45) is 4.06. The molecule has 1 aliphatic rings. The molecule has 1 heterocycles. The summed E-state index contributed by atoms with van der Waals surface area (Å²) >= 11 is 12.2.